The fourth-order valence-corrected chi connectivity index (χ4v) is 2.00. The van der Waals surface area contributed by atoms with E-state index in [2.05, 4.69) is 32.7 Å². The van der Waals surface area contributed by atoms with Gasteiger partial charge in [-0.3, -0.25) is 4.98 Å². The lowest BCUT2D eigenvalue weighted by Crippen LogP contribution is -2.39. The standard InChI is InChI=1S/C18H24N4O.HI/c1-2-19-18(22-14-17-10-6-7-11-20-17)21-12-13-23-15-16-8-4-3-5-9-16;/h3-11H,2,12-15H2,1H3,(H2,19,21,22);1H. The van der Waals surface area contributed by atoms with Crippen molar-refractivity contribution in [3.05, 3.63) is 66.0 Å². The molecule has 1 aromatic heterocycles. The Bertz CT molecular complexity index is 578. The van der Waals surface area contributed by atoms with Crippen molar-refractivity contribution in [2.45, 2.75) is 20.1 Å². The number of guanidine groups is 1. The van der Waals surface area contributed by atoms with Crippen LogP contribution >= 0.6 is 24.0 Å². The van der Waals surface area contributed by atoms with Crippen molar-refractivity contribution in [1.82, 2.24) is 15.6 Å². The molecule has 0 saturated heterocycles. The van der Waals surface area contributed by atoms with Crippen LogP contribution in [0.5, 0.6) is 0 Å². The van der Waals surface area contributed by atoms with E-state index in [-0.39, 0.29) is 24.0 Å². The predicted octanol–water partition coefficient (Wildman–Crippen LogP) is 2.97. The topological polar surface area (TPSA) is 58.5 Å². The van der Waals surface area contributed by atoms with Crippen LogP contribution in [0, 0.1) is 0 Å². The van der Waals surface area contributed by atoms with E-state index >= 15 is 0 Å². The van der Waals surface area contributed by atoms with Crippen molar-refractivity contribution >= 4 is 29.9 Å². The van der Waals surface area contributed by atoms with Crippen molar-refractivity contribution in [3.63, 3.8) is 0 Å². The summed E-state index contributed by atoms with van der Waals surface area (Å²) in [5.41, 5.74) is 2.13. The number of hydrogen-bond donors (Lipinski definition) is 2. The highest BCUT2D eigenvalue weighted by Crippen LogP contribution is 1.99. The molecule has 2 rings (SSSR count). The zero-order valence-corrected chi connectivity index (χ0v) is 16.3. The van der Waals surface area contributed by atoms with Gasteiger partial charge in [-0.25, -0.2) is 4.99 Å². The first-order valence-electron chi connectivity index (χ1n) is 7.92. The first-order valence-corrected chi connectivity index (χ1v) is 7.92. The van der Waals surface area contributed by atoms with Gasteiger partial charge >= 0.3 is 0 Å². The lowest BCUT2D eigenvalue weighted by atomic mass is 10.2. The molecule has 6 heteroatoms. The van der Waals surface area contributed by atoms with Crippen LogP contribution in [0.25, 0.3) is 0 Å². The van der Waals surface area contributed by atoms with Gasteiger partial charge in [-0.05, 0) is 24.6 Å². The Kier molecular flexibility index (Phi) is 10.8. The van der Waals surface area contributed by atoms with E-state index in [4.69, 9.17) is 4.74 Å². The summed E-state index contributed by atoms with van der Waals surface area (Å²) < 4.78 is 5.65. The molecular formula is C18H25IN4O. The minimum absolute atomic E-state index is 0. The Labute approximate surface area is 161 Å². The molecule has 5 nitrogen and oxygen atoms in total. The Balaban J connectivity index is 0.00000288. The highest BCUT2D eigenvalue weighted by atomic mass is 127. The van der Waals surface area contributed by atoms with Crippen molar-refractivity contribution in [2.24, 2.45) is 4.99 Å². The number of hydrogen-bond acceptors (Lipinski definition) is 3. The van der Waals surface area contributed by atoms with Gasteiger partial charge in [-0.2, -0.15) is 0 Å². The monoisotopic (exact) mass is 440 g/mol. The molecule has 0 aliphatic rings. The molecule has 0 radical (unpaired) electrons. The minimum atomic E-state index is 0. The number of rotatable bonds is 8. The minimum Gasteiger partial charge on any atom is -0.375 e. The fourth-order valence-electron chi connectivity index (χ4n) is 2.00. The van der Waals surface area contributed by atoms with E-state index < -0.39 is 0 Å². The lowest BCUT2D eigenvalue weighted by Gasteiger charge is -2.11. The molecular weight excluding hydrogens is 415 g/mol. The molecule has 2 N–H and O–H groups in total. The molecule has 0 spiro atoms. The van der Waals surface area contributed by atoms with Crippen LogP contribution in [0.4, 0.5) is 0 Å². The second-order valence-corrected chi connectivity index (χ2v) is 4.98. The SMILES string of the molecule is CCNC(=NCc1ccccn1)NCCOCc1ccccc1.I. The average Bonchev–Trinajstić information content (AvgIpc) is 2.61. The van der Waals surface area contributed by atoms with E-state index in [1.807, 2.05) is 43.3 Å². The van der Waals surface area contributed by atoms with E-state index in [1.165, 1.54) is 5.56 Å². The first-order chi connectivity index (χ1) is 11.4. The number of pyridine rings is 1. The Morgan fingerprint density at radius 2 is 1.88 bits per heavy atom. The number of aromatic nitrogens is 1. The van der Waals surface area contributed by atoms with Gasteiger partial charge in [-0.15, -0.1) is 24.0 Å². The molecule has 0 fully saturated rings. The maximum absolute atomic E-state index is 5.65. The van der Waals surface area contributed by atoms with Gasteiger partial charge in [0.25, 0.3) is 0 Å². The maximum Gasteiger partial charge on any atom is 0.191 e. The maximum atomic E-state index is 5.65. The smallest absolute Gasteiger partial charge is 0.191 e. The van der Waals surface area contributed by atoms with Gasteiger partial charge in [0.15, 0.2) is 5.96 Å². The number of nitrogens with zero attached hydrogens (tertiary/aromatic N) is 2. The number of halogens is 1. The van der Waals surface area contributed by atoms with Crippen molar-refractivity contribution < 1.29 is 4.74 Å². The van der Waals surface area contributed by atoms with Gasteiger partial charge in [0.1, 0.15) is 0 Å². The third-order valence-electron chi connectivity index (χ3n) is 3.12. The summed E-state index contributed by atoms with van der Waals surface area (Å²) >= 11 is 0. The Hall–Kier alpha value is -1.67. The van der Waals surface area contributed by atoms with Gasteiger partial charge in [0.2, 0.25) is 0 Å². The molecule has 0 atom stereocenters. The van der Waals surface area contributed by atoms with Crippen molar-refractivity contribution in [2.75, 3.05) is 19.7 Å². The van der Waals surface area contributed by atoms with Gasteiger partial charge in [0, 0.05) is 19.3 Å². The Morgan fingerprint density at radius 3 is 2.58 bits per heavy atom. The number of aliphatic imine (C=N–C) groups is 1. The Morgan fingerprint density at radius 1 is 1.08 bits per heavy atom. The lowest BCUT2D eigenvalue weighted by molar-refractivity contribution is 0.125. The number of nitrogens with one attached hydrogen (secondary N) is 2. The third-order valence-corrected chi connectivity index (χ3v) is 3.12. The van der Waals surface area contributed by atoms with Crippen LogP contribution in [-0.4, -0.2) is 30.6 Å². The third kappa shape index (κ3) is 8.26. The van der Waals surface area contributed by atoms with E-state index in [0.29, 0.717) is 26.3 Å². The van der Waals surface area contributed by atoms with Crippen LogP contribution < -0.4 is 10.6 Å². The van der Waals surface area contributed by atoms with Crippen LogP contribution in [-0.2, 0) is 17.9 Å². The summed E-state index contributed by atoms with van der Waals surface area (Å²) in [7, 11) is 0. The highest BCUT2D eigenvalue weighted by Gasteiger charge is 1.98. The zero-order chi connectivity index (χ0) is 16.2. The summed E-state index contributed by atoms with van der Waals surface area (Å²) in [5, 5.41) is 6.48. The van der Waals surface area contributed by atoms with E-state index in [9.17, 15) is 0 Å². The second-order valence-electron chi connectivity index (χ2n) is 4.98. The highest BCUT2D eigenvalue weighted by molar-refractivity contribution is 14.0. The molecule has 1 heterocycles. The normalized spacial score (nSPS) is 10.8. The van der Waals surface area contributed by atoms with E-state index in [1.54, 1.807) is 6.20 Å². The summed E-state index contributed by atoms with van der Waals surface area (Å²) in [6.45, 7) is 5.39. The summed E-state index contributed by atoms with van der Waals surface area (Å²) in [5.74, 6) is 0.779. The van der Waals surface area contributed by atoms with Gasteiger partial charge in [-0.1, -0.05) is 36.4 Å². The summed E-state index contributed by atoms with van der Waals surface area (Å²) in [6.07, 6.45) is 1.78. The van der Waals surface area contributed by atoms with Crippen molar-refractivity contribution in [3.8, 4) is 0 Å². The molecule has 0 aliphatic carbocycles. The molecule has 130 valence electrons. The quantitative estimate of drug-likeness (QED) is 0.287. The number of ether oxygens (including phenoxy) is 1. The van der Waals surface area contributed by atoms with Crippen LogP contribution in [0.2, 0.25) is 0 Å². The van der Waals surface area contributed by atoms with Crippen LogP contribution in [0.3, 0.4) is 0 Å². The molecule has 0 aliphatic heterocycles. The van der Waals surface area contributed by atoms with E-state index in [0.717, 1.165) is 18.2 Å². The molecule has 0 saturated carbocycles. The second kappa shape index (κ2) is 12.7. The molecule has 2 aromatic rings. The zero-order valence-electron chi connectivity index (χ0n) is 13.9. The van der Waals surface area contributed by atoms with Crippen molar-refractivity contribution in [1.29, 1.82) is 0 Å². The largest absolute Gasteiger partial charge is 0.375 e. The molecule has 0 amide bonds. The summed E-state index contributed by atoms with van der Waals surface area (Å²) in [6, 6.07) is 16.0. The van der Waals surface area contributed by atoms with Gasteiger partial charge in [0.05, 0.1) is 25.5 Å². The molecule has 0 unspecified atom stereocenters. The summed E-state index contributed by atoms with van der Waals surface area (Å²) in [4.78, 5) is 8.78. The fraction of sp³-hybridized carbons (Fsp3) is 0.333. The van der Waals surface area contributed by atoms with Gasteiger partial charge < -0.3 is 15.4 Å². The molecule has 1 aromatic carbocycles. The number of benzene rings is 1. The van der Waals surface area contributed by atoms with Crippen LogP contribution in [0.1, 0.15) is 18.2 Å². The average molecular weight is 440 g/mol. The first kappa shape index (κ1) is 20.4. The molecule has 0 bridgehead atoms. The van der Waals surface area contributed by atoms with Crippen LogP contribution in [0.15, 0.2) is 59.7 Å². The molecule has 24 heavy (non-hydrogen) atoms. The predicted molar refractivity (Wildman–Crippen MR) is 109 cm³/mol.